The van der Waals surface area contributed by atoms with Gasteiger partial charge in [0.05, 0.1) is 24.8 Å². The largest absolute Gasteiger partial charge is 0.497 e. The Morgan fingerprint density at radius 1 is 1.17 bits per heavy atom. The normalized spacial score (nSPS) is 11.4. The molecule has 0 aliphatic heterocycles. The van der Waals surface area contributed by atoms with Gasteiger partial charge in [0.1, 0.15) is 17.6 Å². The number of hydrogen-bond donors (Lipinski definition) is 1. The first-order valence-corrected chi connectivity index (χ1v) is 8.87. The monoisotopic (exact) mass is 414 g/mol. The molecule has 2 aromatic carbocycles. The Balaban J connectivity index is 1.98. The third-order valence-corrected chi connectivity index (χ3v) is 4.17. The molecule has 0 fully saturated rings. The summed E-state index contributed by atoms with van der Waals surface area (Å²) in [5.74, 6) is -0.0791. The van der Waals surface area contributed by atoms with E-state index in [4.69, 9.17) is 31.1 Å². The number of methoxy groups -OCH3 is 2. The Hall–Kier alpha value is -3.50. The fraction of sp³-hybridized carbons (Fsp3) is 0.190. The number of nitriles is 1. The zero-order chi connectivity index (χ0) is 21.4. The molecule has 0 aliphatic rings. The lowest BCUT2D eigenvalue weighted by Crippen LogP contribution is -2.29. The van der Waals surface area contributed by atoms with Gasteiger partial charge in [0, 0.05) is 23.4 Å². The first kappa shape index (κ1) is 21.8. The van der Waals surface area contributed by atoms with Crippen LogP contribution in [-0.4, -0.2) is 32.2 Å². The highest BCUT2D eigenvalue weighted by molar-refractivity contribution is 6.32. The molecule has 1 unspecified atom stereocenters. The highest BCUT2D eigenvalue weighted by Gasteiger charge is 2.17. The molecule has 7 nitrogen and oxygen atoms in total. The second-order valence-electron chi connectivity index (χ2n) is 5.82. The summed E-state index contributed by atoms with van der Waals surface area (Å²) in [6.07, 6.45) is 1.68. The van der Waals surface area contributed by atoms with E-state index in [1.807, 2.05) is 6.07 Å². The molecule has 1 atom stereocenters. The van der Waals surface area contributed by atoms with Gasteiger partial charge in [-0.3, -0.25) is 4.79 Å². The molecule has 0 heterocycles. The lowest BCUT2D eigenvalue weighted by atomic mass is 10.1. The molecule has 29 heavy (non-hydrogen) atoms. The minimum absolute atomic E-state index is 0.214. The number of anilines is 1. The SMILES string of the molecule is COc1ccc(/C=C/C(=O)OC(C)C(=O)Nc2ccc(C#N)c(Cl)c2)c(OC)c1. The van der Waals surface area contributed by atoms with Crippen LogP contribution in [-0.2, 0) is 14.3 Å². The Kier molecular flexibility index (Phi) is 7.63. The van der Waals surface area contributed by atoms with E-state index in [1.165, 1.54) is 44.4 Å². The number of hydrogen-bond acceptors (Lipinski definition) is 6. The van der Waals surface area contributed by atoms with Crippen LogP contribution >= 0.6 is 11.6 Å². The Morgan fingerprint density at radius 2 is 1.93 bits per heavy atom. The number of amides is 1. The molecular weight excluding hydrogens is 396 g/mol. The van der Waals surface area contributed by atoms with Crippen molar-refractivity contribution < 1.29 is 23.8 Å². The van der Waals surface area contributed by atoms with E-state index in [0.717, 1.165) is 0 Å². The first-order chi connectivity index (χ1) is 13.9. The second-order valence-corrected chi connectivity index (χ2v) is 6.22. The fourth-order valence-corrected chi connectivity index (χ4v) is 2.53. The zero-order valence-electron chi connectivity index (χ0n) is 16.1. The van der Waals surface area contributed by atoms with Crippen molar-refractivity contribution in [2.45, 2.75) is 13.0 Å². The van der Waals surface area contributed by atoms with Crippen molar-refractivity contribution in [2.24, 2.45) is 0 Å². The fourth-order valence-electron chi connectivity index (χ4n) is 2.31. The summed E-state index contributed by atoms with van der Waals surface area (Å²) in [6.45, 7) is 1.44. The van der Waals surface area contributed by atoms with E-state index in [2.05, 4.69) is 5.32 Å². The molecule has 0 aliphatic carbocycles. The zero-order valence-corrected chi connectivity index (χ0v) is 16.8. The lowest BCUT2D eigenvalue weighted by Gasteiger charge is -2.13. The van der Waals surface area contributed by atoms with E-state index in [0.29, 0.717) is 28.3 Å². The summed E-state index contributed by atoms with van der Waals surface area (Å²) in [5, 5.41) is 11.7. The lowest BCUT2D eigenvalue weighted by molar-refractivity contribution is -0.148. The Labute approximate surface area is 173 Å². The maximum atomic E-state index is 12.2. The molecule has 0 aromatic heterocycles. The number of rotatable bonds is 7. The molecule has 0 bridgehead atoms. The highest BCUT2D eigenvalue weighted by atomic mass is 35.5. The van der Waals surface area contributed by atoms with E-state index >= 15 is 0 Å². The second kappa shape index (κ2) is 10.2. The number of benzene rings is 2. The number of ether oxygens (including phenoxy) is 3. The van der Waals surface area contributed by atoms with Gasteiger partial charge in [-0.2, -0.15) is 5.26 Å². The van der Waals surface area contributed by atoms with Gasteiger partial charge in [-0.1, -0.05) is 11.6 Å². The summed E-state index contributed by atoms with van der Waals surface area (Å²) in [4.78, 5) is 24.2. The van der Waals surface area contributed by atoms with Gasteiger partial charge in [0.25, 0.3) is 5.91 Å². The summed E-state index contributed by atoms with van der Waals surface area (Å²) < 4.78 is 15.5. The van der Waals surface area contributed by atoms with E-state index < -0.39 is 18.0 Å². The van der Waals surface area contributed by atoms with Crippen molar-refractivity contribution in [3.63, 3.8) is 0 Å². The molecule has 0 radical (unpaired) electrons. The molecule has 2 rings (SSSR count). The average molecular weight is 415 g/mol. The number of nitrogens with one attached hydrogen (secondary N) is 1. The molecule has 0 saturated heterocycles. The molecule has 0 saturated carbocycles. The smallest absolute Gasteiger partial charge is 0.331 e. The number of nitrogens with zero attached hydrogens (tertiary/aromatic N) is 1. The molecule has 0 spiro atoms. The van der Waals surface area contributed by atoms with Gasteiger partial charge in [-0.15, -0.1) is 0 Å². The van der Waals surface area contributed by atoms with Crippen molar-refractivity contribution in [1.82, 2.24) is 0 Å². The minimum atomic E-state index is -1.04. The van der Waals surface area contributed by atoms with Crippen LogP contribution in [0.15, 0.2) is 42.5 Å². The van der Waals surface area contributed by atoms with Crippen LogP contribution in [0.5, 0.6) is 11.5 Å². The Morgan fingerprint density at radius 3 is 2.55 bits per heavy atom. The topological polar surface area (TPSA) is 97.6 Å². The van der Waals surface area contributed by atoms with Crippen LogP contribution in [0, 0.1) is 11.3 Å². The third-order valence-electron chi connectivity index (χ3n) is 3.86. The van der Waals surface area contributed by atoms with E-state index in [9.17, 15) is 9.59 Å². The van der Waals surface area contributed by atoms with E-state index in [-0.39, 0.29) is 5.02 Å². The maximum Gasteiger partial charge on any atom is 0.331 e. The van der Waals surface area contributed by atoms with E-state index in [1.54, 1.807) is 25.3 Å². The summed E-state index contributed by atoms with van der Waals surface area (Å²) in [5.41, 5.74) is 1.33. The molecule has 1 amide bonds. The first-order valence-electron chi connectivity index (χ1n) is 8.49. The third kappa shape index (κ3) is 5.99. The Bertz CT molecular complexity index is 982. The van der Waals surface area contributed by atoms with Crippen molar-refractivity contribution >= 4 is 35.2 Å². The van der Waals surface area contributed by atoms with Crippen LogP contribution in [0.3, 0.4) is 0 Å². The summed E-state index contributed by atoms with van der Waals surface area (Å²) in [6, 6.07) is 11.5. The van der Waals surface area contributed by atoms with Crippen LogP contribution in [0.1, 0.15) is 18.1 Å². The predicted molar refractivity (Wildman–Crippen MR) is 109 cm³/mol. The van der Waals surface area contributed by atoms with Crippen LogP contribution in [0.25, 0.3) is 6.08 Å². The highest BCUT2D eigenvalue weighted by Crippen LogP contribution is 2.25. The van der Waals surface area contributed by atoms with Crippen molar-refractivity contribution in [2.75, 3.05) is 19.5 Å². The quantitative estimate of drug-likeness (QED) is 0.546. The van der Waals surface area contributed by atoms with Crippen LogP contribution in [0.2, 0.25) is 5.02 Å². The van der Waals surface area contributed by atoms with Gasteiger partial charge in [0.2, 0.25) is 0 Å². The average Bonchev–Trinajstić information content (AvgIpc) is 2.72. The van der Waals surface area contributed by atoms with Gasteiger partial charge in [-0.05, 0) is 43.3 Å². The van der Waals surface area contributed by atoms with Crippen molar-refractivity contribution in [1.29, 1.82) is 5.26 Å². The van der Waals surface area contributed by atoms with Gasteiger partial charge < -0.3 is 19.5 Å². The molecule has 150 valence electrons. The number of carbonyl (C=O) groups excluding carboxylic acids is 2. The minimum Gasteiger partial charge on any atom is -0.497 e. The molecule has 1 N–H and O–H groups in total. The molecule has 8 heteroatoms. The predicted octanol–water partition coefficient (Wildman–Crippen LogP) is 3.81. The number of carbonyl (C=O) groups is 2. The molecule has 2 aromatic rings. The number of halogens is 1. The van der Waals surface area contributed by atoms with Crippen LogP contribution < -0.4 is 14.8 Å². The number of esters is 1. The van der Waals surface area contributed by atoms with Gasteiger partial charge >= 0.3 is 5.97 Å². The standard InChI is InChI=1S/C21H19ClN2O5/c1-13(21(26)24-16-7-4-15(12-23)18(22)10-16)29-20(25)9-6-14-5-8-17(27-2)11-19(14)28-3/h4-11,13H,1-3H3,(H,24,26)/b9-6+. The molecular formula is C21H19ClN2O5. The van der Waals surface area contributed by atoms with Gasteiger partial charge in [0.15, 0.2) is 6.10 Å². The summed E-state index contributed by atoms with van der Waals surface area (Å²) in [7, 11) is 3.05. The van der Waals surface area contributed by atoms with Crippen molar-refractivity contribution in [3.05, 3.63) is 58.6 Å². The van der Waals surface area contributed by atoms with Crippen LogP contribution in [0.4, 0.5) is 5.69 Å². The maximum absolute atomic E-state index is 12.2. The van der Waals surface area contributed by atoms with Crippen molar-refractivity contribution in [3.8, 4) is 17.6 Å². The van der Waals surface area contributed by atoms with Gasteiger partial charge in [-0.25, -0.2) is 4.79 Å². The summed E-state index contributed by atoms with van der Waals surface area (Å²) >= 11 is 5.93.